The summed E-state index contributed by atoms with van der Waals surface area (Å²) in [6.45, 7) is 6.88. The van der Waals surface area contributed by atoms with Gasteiger partial charge in [0.05, 0.1) is 17.1 Å². The fourth-order valence-electron chi connectivity index (χ4n) is 1.08. The van der Waals surface area contributed by atoms with Crippen LogP contribution >= 0.6 is 11.6 Å². The predicted octanol–water partition coefficient (Wildman–Crippen LogP) is 2.49. The van der Waals surface area contributed by atoms with Gasteiger partial charge in [0, 0.05) is 0 Å². The predicted molar refractivity (Wildman–Crippen MR) is 51.7 cm³/mol. The van der Waals surface area contributed by atoms with Crippen LogP contribution in [0, 0.1) is 0 Å². The number of alkyl halides is 3. The molecule has 0 unspecified atom stereocenters. The Kier molecular flexibility index (Phi) is 2.89. The molecule has 1 rings (SSSR count). The molecule has 1 fully saturated rings. The molecule has 1 saturated heterocycles. The van der Waals surface area contributed by atoms with Crippen molar-refractivity contribution in [1.29, 1.82) is 0 Å². The highest BCUT2D eigenvalue weighted by Gasteiger charge is 2.61. The van der Waals surface area contributed by atoms with Gasteiger partial charge in [-0.1, -0.05) is 0 Å². The lowest BCUT2D eigenvalue weighted by atomic mass is 9.81. The lowest BCUT2D eigenvalue weighted by Crippen LogP contribution is -2.42. The normalized spacial score (nSPS) is 25.5. The molecule has 0 spiro atoms. The van der Waals surface area contributed by atoms with Gasteiger partial charge in [0.25, 0.3) is 5.82 Å². The van der Waals surface area contributed by atoms with Crippen LogP contribution in [0.4, 0.5) is 8.78 Å². The number of hydrogen-bond donors (Lipinski definition) is 0. The Morgan fingerprint density at radius 2 is 1.50 bits per heavy atom. The molecule has 82 valence electrons. The SMILES string of the molecule is CC1(C)OB(C(F)(F)CCl)OC1(C)C. The zero-order valence-corrected chi connectivity index (χ0v) is 9.49. The first kappa shape index (κ1) is 12.2. The maximum absolute atomic E-state index is 13.2. The van der Waals surface area contributed by atoms with Crippen LogP contribution in [0.1, 0.15) is 27.7 Å². The van der Waals surface area contributed by atoms with Gasteiger partial charge in [-0.15, -0.1) is 11.6 Å². The van der Waals surface area contributed by atoms with Crippen molar-refractivity contribution >= 4 is 18.7 Å². The summed E-state index contributed by atoms with van der Waals surface area (Å²) in [5, 5.41) is 0. The zero-order chi connectivity index (χ0) is 11.2. The molecule has 0 bridgehead atoms. The van der Waals surface area contributed by atoms with E-state index in [0.717, 1.165) is 0 Å². The highest BCUT2D eigenvalue weighted by Crippen LogP contribution is 2.41. The summed E-state index contributed by atoms with van der Waals surface area (Å²) < 4.78 is 36.7. The van der Waals surface area contributed by atoms with Gasteiger partial charge in [-0.25, -0.2) is 8.78 Å². The molecule has 0 amide bonds. The van der Waals surface area contributed by atoms with E-state index in [-0.39, 0.29) is 0 Å². The second kappa shape index (κ2) is 3.32. The Hall–Kier alpha value is 0.135. The van der Waals surface area contributed by atoms with Crippen molar-refractivity contribution in [2.75, 3.05) is 5.88 Å². The first-order valence-electron chi connectivity index (χ1n) is 4.42. The average Bonchev–Trinajstić information content (AvgIpc) is 2.22. The van der Waals surface area contributed by atoms with Crippen molar-refractivity contribution in [1.82, 2.24) is 0 Å². The fourth-order valence-corrected chi connectivity index (χ4v) is 1.20. The number of hydrogen-bond acceptors (Lipinski definition) is 2. The van der Waals surface area contributed by atoms with Crippen molar-refractivity contribution in [3.05, 3.63) is 0 Å². The first-order valence-corrected chi connectivity index (χ1v) is 4.95. The van der Waals surface area contributed by atoms with E-state index in [2.05, 4.69) is 0 Å². The van der Waals surface area contributed by atoms with Crippen molar-refractivity contribution < 1.29 is 18.1 Å². The van der Waals surface area contributed by atoms with E-state index < -0.39 is 30.0 Å². The van der Waals surface area contributed by atoms with Gasteiger partial charge in [-0.05, 0) is 27.7 Å². The summed E-state index contributed by atoms with van der Waals surface area (Å²) >= 11 is 5.15. The van der Waals surface area contributed by atoms with Gasteiger partial charge in [0.2, 0.25) is 0 Å². The smallest absolute Gasteiger partial charge is 0.399 e. The highest BCUT2D eigenvalue weighted by molar-refractivity contribution is 6.50. The molecule has 0 radical (unpaired) electrons. The molecule has 0 atom stereocenters. The maximum atomic E-state index is 13.2. The Bertz CT molecular complexity index is 217. The summed E-state index contributed by atoms with van der Waals surface area (Å²) in [6.07, 6.45) is 0. The van der Waals surface area contributed by atoms with E-state index in [1.165, 1.54) is 0 Å². The van der Waals surface area contributed by atoms with Gasteiger partial charge < -0.3 is 9.31 Å². The Morgan fingerprint density at radius 1 is 1.14 bits per heavy atom. The first-order chi connectivity index (χ1) is 6.12. The number of halogens is 3. The zero-order valence-electron chi connectivity index (χ0n) is 8.73. The van der Waals surface area contributed by atoms with Gasteiger partial charge in [-0.3, -0.25) is 0 Å². The third-order valence-electron chi connectivity index (χ3n) is 2.78. The lowest BCUT2D eigenvalue weighted by Gasteiger charge is -2.32. The van der Waals surface area contributed by atoms with Crippen LogP contribution in [-0.2, 0) is 9.31 Å². The monoisotopic (exact) mass is 226 g/mol. The summed E-state index contributed by atoms with van der Waals surface area (Å²) in [6, 6.07) is 0. The van der Waals surface area contributed by atoms with Crippen LogP contribution in [0.2, 0.25) is 0 Å². The minimum atomic E-state index is -3.15. The molecular weight excluding hydrogens is 212 g/mol. The quantitative estimate of drug-likeness (QED) is 0.532. The van der Waals surface area contributed by atoms with E-state index >= 15 is 0 Å². The third kappa shape index (κ3) is 1.90. The van der Waals surface area contributed by atoms with E-state index in [9.17, 15) is 8.78 Å². The van der Waals surface area contributed by atoms with Gasteiger partial charge in [0.1, 0.15) is 0 Å². The second-order valence-electron chi connectivity index (χ2n) is 4.48. The van der Waals surface area contributed by atoms with Crippen LogP contribution in [0.5, 0.6) is 0 Å². The minimum Gasteiger partial charge on any atom is -0.399 e. The fraction of sp³-hybridized carbons (Fsp3) is 1.00. The van der Waals surface area contributed by atoms with Gasteiger partial charge in [-0.2, -0.15) is 0 Å². The Balaban J connectivity index is 2.83. The molecule has 0 aromatic rings. The van der Waals surface area contributed by atoms with Crippen molar-refractivity contribution in [3.63, 3.8) is 0 Å². The van der Waals surface area contributed by atoms with Crippen LogP contribution in [0.15, 0.2) is 0 Å². The van der Waals surface area contributed by atoms with E-state index in [1.54, 1.807) is 27.7 Å². The summed E-state index contributed by atoms with van der Waals surface area (Å²) in [5.41, 5.74) is -1.49. The molecule has 0 N–H and O–H groups in total. The topological polar surface area (TPSA) is 18.5 Å². The third-order valence-corrected chi connectivity index (χ3v) is 3.13. The molecule has 1 aliphatic rings. The summed E-state index contributed by atoms with van der Waals surface area (Å²) in [7, 11) is -1.55. The Labute approximate surface area is 88.0 Å². The second-order valence-corrected chi connectivity index (χ2v) is 4.75. The largest absolute Gasteiger partial charge is 0.535 e. The van der Waals surface area contributed by atoms with E-state index in [0.29, 0.717) is 0 Å². The highest BCUT2D eigenvalue weighted by atomic mass is 35.5. The molecule has 6 heteroatoms. The molecule has 0 aromatic carbocycles. The van der Waals surface area contributed by atoms with Crippen LogP contribution in [0.25, 0.3) is 0 Å². The van der Waals surface area contributed by atoms with Crippen LogP contribution in [0.3, 0.4) is 0 Å². The van der Waals surface area contributed by atoms with Gasteiger partial charge in [0.15, 0.2) is 0 Å². The molecule has 0 aromatic heterocycles. The van der Waals surface area contributed by atoms with Crippen molar-refractivity contribution in [2.24, 2.45) is 0 Å². The molecule has 2 nitrogen and oxygen atoms in total. The maximum Gasteiger partial charge on any atom is 0.535 e. The van der Waals surface area contributed by atoms with Crippen LogP contribution < -0.4 is 0 Å². The lowest BCUT2D eigenvalue weighted by molar-refractivity contribution is 0.00578. The van der Waals surface area contributed by atoms with Crippen LogP contribution in [-0.4, -0.2) is 30.0 Å². The Morgan fingerprint density at radius 3 is 1.79 bits per heavy atom. The minimum absolute atomic E-state index is 0.743. The van der Waals surface area contributed by atoms with E-state index in [4.69, 9.17) is 20.9 Å². The van der Waals surface area contributed by atoms with Crippen molar-refractivity contribution in [3.8, 4) is 0 Å². The molecule has 0 saturated carbocycles. The molecular formula is C8H14BClF2O2. The van der Waals surface area contributed by atoms with E-state index in [1.807, 2.05) is 0 Å². The summed E-state index contributed by atoms with van der Waals surface area (Å²) in [4.78, 5) is 0. The standard InChI is InChI=1S/C8H14BClF2O2/c1-6(2)7(3,4)14-9(13-6)8(11,12)5-10/h5H2,1-4H3. The number of rotatable bonds is 2. The van der Waals surface area contributed by atoms with Gasteiger partial charge >= 0.3 is 7.12 Å². The molecule has 1 heterocycles. The average molecular weight is 226 g/mol. The summed E-state index contributed by atoms with van der Waals surface area (Å²) in [5.74, 6) is -3.95. The van der Waals surface area contributed by atoms with Crippen molar-refractivity contribution in [2.45, 2.75) is 44.7 Å². The molecule has 14 heavy (non-hydrogen) atoms. The molecule has 0 aliphatic carbocycles. The molecule has 1 aliphatic heterocycles.